The number of amides is 1. The molecule has 2 heterocycles. The second-order valence-electron chi connectivity index (χ2n) is 5.44. The smallest absolute Gasteiger partial charge is 0.266 e. The molecule has 1 atom stereocenters. The highest BCUT2D eigenvalue weighted by Crippen LogP contribution is 2.25. The summed E-state index contributed by atoms with van der Waals surface area (Å²) >= 11 is 2.70. The predicted molar refractivity (Wildman–Crippen MR) is 104 cm³/mol. The van der Waals surface area contributed by atoms with Gasteiger partial charge in [0.1, 0.15) is 6.54 Å². The Morgan fingerprint density at radius 2 is 1.92 bits per heavy atom. The van der Waals surface area contributed by atoms with Gasteiger partial charge in [-0.1, -0.05) is 24.3 Å². The van der Waals surface area contributed by atoms with E-state index in [1.54, 1.807) is 23.6 Å². The van der Waals surface area contributed by atoms with Gasteiger partial charge in [0.15, 0.2) is 5.13 Å². The van der Waals surface area contributed by atoms with Gasteiger partial charge in [0.2, 0.25) is 5.91 Å². The van der Waals surface area contributed by atoms with Crippen LogP contribution in [0.2, 0.25) is 0 Å². The minimum atomic E-state index is -3.89. The van der Waals surface area contributed by atoms with Gasteiger partial charge in [0.25, 0.3) is 10.0 Å². The summed E-state index contributed by atoms with van der Waals surface area (Å²) in [4.78, 5) is 17.7. The minimum Gasteiger partial charge on any atom is -0.347 e. The van der Waals surface area contributed by atoms with Crippen molar-refractivity contribution in [2.45, 2.75) is 17.9 Å². The summed E-state index contributed by atoms with van der Waals surface area (Å²) in [7, 11) is -3.89. The van der Waals surface area contributed by atoms with Crippen molar-refractivity contribution in [3.8, 4) is 0 Å². The molecule has 1 aromatic carbocycles. The highest BCUT2D eigenvalue weighted by atomic mass is 32.2. The first kappa shape index (κ1) is 18.6. The van der Waals surface area contributed by atoms with Gasteiger partial charge in [-0.05, 0) is 30.5 Å². The molecule has 0 aliphatic carbocycles. The first-order valence-electron chi connectivity index (χ1n) is 7.78. The summed E-state index contributed by atoms with van der Waals surface area (Å²) in [6, 6.07) is 11.7. The zero-order chi connectivity index (χ0) is 18.6. The number of carbonyl (C=O) groups excluding carboxylic acids is 1. The van der Waals surface area contributed by atoms with E-state index < -0.39 is 10.0 Å². The van der Waals surface area contributed by atoms with Gasteiger partial charge >= 0.3 is 0 Å². The molecular weight excluding hydrogens is 390 g/mol. The summed E-state index contributed by atoms with van der Waals surface area (Å²) in [5.74, 6) is -0.388. The van der Waals surface area contributed by atoms with Crippen molar-refractivity contribution in [1.82, 2.24) is 10.3 Å². The van der Waals surface area contributed by atoms with Crippen LogP contribution in [0.5, 0.6) is 0 Å². The van der Waals surface area contributed by atoms with Crippen LogP contribution in [-0.2, 0) is 14.8 Å². The van der Waals surface area contributed by atoms with Crippen LogP contribution in [0.3, 0.4) is 0 Å². The lowest BCUT2D eigenvalue weighted by Gasteiger charge is -2.22. The van der Waals surface area contributed by atoms with E-state index in [4.69, 9.17) is 0 Å². The fourth-order valence-electron chi connectivity index (χ4n) is 2.34. The number of carbonyl (C=O) groups is 1. The standard InChI is InChI=1S/C17H17N3O3S3/c1-13(15-8-5-10-24-15)19-16(21)12-20(17-18-9-11-25-17)26(22,23)14-6-3-2-4-7-14/h2-11,13H,12H2,1H3,(H,19,21). The Balaban J connectivity index is 1.83. The van der Waals surface area contributed by atoms with Gasteiger partial charge < -0.3 is 5.32 Å². The molecule has 6 nitrogen and oxygen atoms in total. The number of benzene rings is 1. The fourth-order valence-corrected chi connectivity index (χ4v) is 5.34. The summed E-state index contributed by atoms with van der Waals surface area (Å²) in [5, 5.41) is 6.70. The minimum absolute atomic E-state index is 0.120. The Labute approximate surface area is 160 Å². The van der Waals surface area contributed by atoms with Crippen molar-refractivity contribution in [2.75, 3.05) is 10.8 Å². The Kier molecular flexibility index (Phi) is 5.70. The van der Waals surface area contributed by atoms with Crippen LogP contribution in [0, 0.1) is 0 Å². The molecular formula is C17H17N3O3S3. The summed E-state index contributed by atoms with van der Waals surface area (Å²) < 4.78 is 27.0. The summed E-state index contributed by atoms with van der Waals surface area (Å²) in [5.41, 5.74) is 0. The van der Waals surface area contributed by atoms with Crippen molar-refractivity contribution >= 4 is 43.7 Å². The SMILES string of the molecule is CC(NC(=O)CN(c1nccs1)S(=O)(=O)c1ccccc1)c1cccs1. The first-order chi connectivity index (χ1) is 12.5. The van der Waals surface area contributed by atoms with Crippen molar-refractivity contribution in [3.05, 3.63) is 64.3 Å². The molecule has 0 spiro atoms. The molecule has 2 aromatic heterocycles. The molecule has 136 valence electrons. The lowest BCUT2D eigenvalue weighted by molar-refractivity contribution is -0.120. The summed E-state index contributed by atoms with van der Waals surface area (Å²) in [6.07, 6.45) is 1.51. The predicted octanol–water partition coefficient (Wildman–Crippen LogP) is 3.28. The van der Waals surface area contributed by atoms with Crippen molar-refractivity contribution in [1.29, 1.82) is 0 Å². The number of rotatable bonds is 7. The Bertz CT molecular complexity index is 940. The molecule has 9 heteroatoms. The van der Waals surface area contributed by atoms with Gasteiger partial charge in [0, 0.05) is 16.5 Å². The number of nitrogens with one attached hydrogen (secondary N) is 1. The number of thiazole rings is 1. The first-order valence-corrected chi connectivity index (χ1v) is 11.0. The second kappa shape index (κ2) is 7.98. The number of hydrogen-bond donors (Lipinski definition) is 1. The molecule has 1 N–H and O–H groups in total. The number of sulfonamides is 1. The zero-order valence-corrected chi connectivity index (χ0v) is 16.4. The van der Waals surface area contributed by atoms with Gasteiger partial charge in [-0.3, -0.25) is 4.79 Å². The van der Waals surface area contributed by atoms with Crippen LogP contribution in [0.25, 0.3) is 0 Å². The van der Waals surface area contributed by atoms with Crippen LogP contribution in [0.15, 0.2) is 64.3 Å². The van der Waals surface area contributed by atoms with Crippen LogP contribution in [0.1, 0.15) is 17.8 Å². The molecule has 0 radical (unpaired) electrons. The lowest BCUT2D eigenvalue weighted by Crippen LogP contribution is -2.41. The zero-order valence-electron chi connectivity index (χ0n) is 13.9. The maximum atomic E-state index is 13.0. The van der Waals surface area contributed by atoms with E-state index in [2.05, 4.69) is 10.3 Å². The topological polar surface area (TPSA) is 79.4 Å². The van der Waals surface area contributed by atoms with Crippen LogP contribution in [0.4, 0.5) is 5.13 Å². The van der Waals surface area contributed by atoms with E-state index in [1.807, 2.05) is 24.4 Å². The molecule has 1 unspecified atom stereocenters. The van der Waals surface area contributed by atoms with Gasteiger partial charge in [-0.2, -0.15) is 0 Å². The molecule has 0 aliphatic rings. The van der Waals surface area contributed by atoms with Gasteiger partial charge in [0.05, 0.1) is 10.9 Å². The maximum absolute atomic E-state index is 13.0. The Morgan fingerprint density at radius 3 is 2.54 bits per heavy atom. The number of thiophene rings is 1. The van der Waals surface area contributed by atoms with Crippen molar-refractivity contribution in [2.24, 2.45) is 0 Å². The monoisotopic (exact) mass is 407 g/mol. The van der Waals surface area contributed by atoms with E-state index in [9.17, 15) is 13.2 Å². The molecule has 0 aliphatic heterocycles. The van der Waals surface area contributed by atoms with Crippen molar-refractivity contribution < 1.29 is 13.2 Å². The normalized spacial score (nSPS) is 12.5. The highest BCUT2D eigenvalue weighted by molar-refractivity contribution is 7.93. The molecule has 0 bridgehead atoms. The summed E-state index contributed by atoms with van der Waals surface area (Å²) in [6.45, 7) is 1.53. The fraction of sp³-hybridized carbons (Fsp3) is 0.176. The van der Waals surface area contributed by atoms with E-state index in [0.717, 1.165) is 9.18 Å². The lowest BCUT2D eigenvalue weighted by atomic mass is 10.3. The van der Waals surface area contributed by atoms with Crippen molar-refractivity contribution in [3.63, 3.8) is 0 Å². The largest absolute Gasteiger partial charge is 0.347 e. The van der Waals surface area contributed by atoms with E-state index in [0.29, 0.717) is 0 Å². The molecule has 0 fully saturated rings. The number of hydrogen-bond acceptors (Lipinski definition) is 6. The third kappa shape index (κ3) is 4.12. The average molecular weight is 408 g/mol. The maximum Gasteiger partial charge on any atom is 0.266 e. The highest BCUT2D eigenvalue weighted by Gasteiger charge is 2.29. The third-order valence-electron chi connectivity index (χ3n) is 3.60. The quantitative estimate of drug-likeness (QED) is 0.652. The molecule has 1 amide bonds. The number of nitrogens with zero attached hydrogens (tertiary/aromatic N) is 2. The number of aromatic nitrogens is 1. The second-order valence-corrected chi connectivity index (χ2v) is 9.16. The van der Waals surface area contributed by atoms with E-state index in [-0.39, 0.29) is 28.5 Å². The van der Waals surface area contributed by atoms with Crippen LogP contribution >= 0.6 is 22.7 Å². The van der Waals surface area contributed by atoms with Crippen LogP contribution < -0.4 is 9.62 Å². The van der Waals surface area contributed by atoms with Gasteiger partial charge in [-0.15, -0.1) is 22.7 Å². The molecule has 26 heavy (non-hydrogen) atoms. The van der Waals surface area contributed by atoms with E-state index >= 15 is 0 Å². The molecule has 0 saturated heterocycles. The average Bonchev–Trinajstić information content (AvgIpc) is 3.34. The number of anilines is 1. The third-order valence-corrected chi connectivity index (χ3v) is 7.31. The molecule has 3 aromatic rings. The Hall–Kier alpha value is -2.23. The van der Waals surface area contributed by atoms with E-state index in [1.165, 1.54) is 41.0 Å². The molecule has 3 rings (SSSR count). The van der Waals surface area contributed by atoms with Gasteiger partial charge in [-0.25, -0.2) is 17.7 Å². The molecule has 0 saturated carbocycles. The Morgan fingerprint density at radius 1 is 1.15 bits per heavy atom. The van der Waals surface area contributed by atoms with Crippen LogP contribution in [-0.4, -0.2) is 25.9 Å².